The van der Waals surface area contributed by atoms with Crippen LogP contribution >= 0.6 is 11.6 Å². The van der Waals surface area contributed by atoms with E-state index in [4.69, 9.17) is 11.6 Å². The summed E-state index contributed by atoms with van der Waals surface area (Å²) >= 11 is 6.06. The van der Waals surface area contributed by atoms with Crippen molar-refractivity contribution in [2.24, 2.45) is 0 Å². The van der Waals surface area contributed by atoms with Gasteiger partial charge in [-0.15, -0.1) is 0 Å². The molecule has 0 spiro atoms. The fraction of sp³-hybridized carbons (Fsp3) is 0.355. The maximum absolute atomic E-state index is 14.0. The van der Waals surface area contributed by atoms with Gasteiger partial charge in [0.15, 0.2) is 0 Å². The van der Waals surface area contributed by atoms with Crippen LogP contribution in [0.25, 0.3) is 0 Å². The van der Waals surface area contributed by atoms with E-state index in [1.807, 2.05) is 40.7 Å². The molecule has 0 saturated heterocycles. The Labute approximate surface area is 243 Å². The van der Waals surface area contributed by atoms with Crippen LogP contribution in [0.1, 0.15) is 49.4 Å². The van der Waals surface area contributed by atoms with Crippen LogP contribution in [0.15, 0.2) is 71.6 Å². The minimum atomic E-state index is -4.12. The molecule has 9 heteroatoms. The van der Waals surface area contributed by atoms with Crippen molar-refractivity contribution in [2.45, 2.75) is 71.5 Å². The summed E-state index contributed by atoms with van der Waals surface area (Å²) in [5, 5.41) is 3.49. The van der Waals surface area contributed by atoms with Gasteiger partial charge in [-0.25, -0.2) is 8.42 Å². The SMILES string of the molecule is CC[C@H](C)NC(=O)[C@@H](C)N(Cc1ccc(Cl)cc1)C(=O)CN(c1cccc(C)c1C)S(=O)(=O)c1ccc(C)cc1. The van der Waals surface area contributed by atoms with E-state index in [0.29, 0.717) is 10.7 Å². The Bertz CT molecular complexity index is 1440. The highest BCUT2D eigenvalue weighted by molar-refractivity contribution is 7.92. The lowest BCUT2D eigenvalue weighted by Crippen LogP contribution is -2.52. The summed E-state index contributed by atoms with van der Waals surface area (Å²) in [5.74, 6) is -0.810. The summed E-state index contributed by atoms with van der Waals surface area (Å²) in [7, 11) is -4.12. The van der Waals surface area contributed by atoms with Crippen molar-refractivity contribution >= 4 is 39.1 Å². The normalized spacial score (nSPS) is 12.9. The van der Waals surface area contributed by atoms with E-state index < -0.39 is 28.5 Å². The van der Waals surface area contributed by atoms with E-state index in [0.717, 1.165) is 33.0 Å². The standard InChI is InChI=1S/C31H38ClN3O4S/c1-7-23(4)33-31(37)25(6)34(19-26-13-15-27(32)16-14-26)30(36)20-35(29-10-8-9-22(3)24(29)5)40(38,39)28-17-11-21(2)12-18-28/h8-18,23,25H,7,19-20H2,1-6H3,(H,33,37)/t23-,25+/m0/s1. The van der Waals surface area contributed by atoms with Gasteiger partial charge in [0.25, 0.3) is 10.0 Å². The van der Waals surface area contributed by atoms with Gasteiger partial charge in [-0.05, 0) is 88.1 Å². The fourth-order valence-electron chi connectivity index (χ4n) is 4.19. The highest BCUT2D eigenvalue weighted by Crippen LogP contribution is 2.29. The number of halogens is 1. The number of anilines is 1. The zero-order valence-electron chi connectivity index (χ0n) is 23.9. The molecular weight excluding hydrogens is 546 g/mol. The monoisotopic (exact) mass is 583 g/mol. The average molecular weight is 584 g/mol. The summed E-state index contributed by atoms with van der Waals surface area (Å²) in [4.78, 5) is 28.7. The molecule has 0 aliphatic heterocycles. The Morgan fingerprint density at radius 1 is 0.925 bits per heavy atom. The van der Waals surface area contributed by atoms with Crippen LogP contribution < -0.4 is 9.62 Å². The molecule has 0 unspecified atom stereocenters. The van der Waals surface area contributed by atoms with Crippen LogP contribution in [0.5, 0.6) is 0 Å². The van der Waals surface area contributed by atoms with Crippen molar-refractivity contribution in [1.82, 2.24) is 10.2 Å². The van der Waals surface area contributed by atoms with Crippen molar-refractivity contribution in [3.8, 4) is 0 Å². The molecule has 0 aromatic heterocycles. The molecule has 2 atom stereocenters. The molecule has 0 aliphatic carbocycles. The van der Waals surface area contributed by atoms with E-state index in [1.165, 1.54) is 4.90 Å². The molecule has 0 aliphatic rings. The Morgan fingerprint density at radius 2 is 1.55 bits per heavy atom. The maximum atomic E-state index is 14.0. The van der Waals surface area contributed by atoms with E-state index in [1.54, 1.807) is 67.6 Å². The number of aryl methyl sites for hydroxylation is 2. The first-order chi connectivity index (χ1) is 18.8. The van der Waals surface area contributed by atoms with Crippen LogP contribution in [0.2, 0.25) is 5.02 Å². The third kappa shape index (κ3) is 7.43. The first-order valence-electron chi connectivity index (χ1n) is 13.3. The molecule has 3 aromatic rings. The minimum absolute atomic E-state index is 0.0733. The van der Waals surface area contributed by atoms with Crippen molar-refractivity contribution in [3.63, 3.8) is 0 Å². The fourth-order valence-corrected chi connectivity index (χ4v) is 5.79. The molecule has 3 aromatic carbocycles. The zero-order valence-corrected chi connectivity index (χ0v) is 25.5. The average Bonchev–Trinajstić information content (AvgIpc) is 2.92. The Morgan fingerprint density at radius 3 is 2.15 bits per heavy atom. The highest BCUT2D eigenvalue weighted by atomic mass is 35.5. The van der Waals surface area contributed by atoms with Crippen LogP contribution in [-0.4, -0.2) is 43.8 Å². The first-order valence-corrected chi connectivity index (χ1v) is 15.2. The maximum Gasteiger partial charge on any atom is 0.264 e. The van der Waals surface area contributed by atoms with E-state index in [9.17, 15) is 18.0 Å². The zero-order chi connectivity index (χ0) is 29.6. The lowest BCUT2D eigenvalue weighted by Gasteiger charge is -2.33. The second-order valence-electron chi connectivity index (χ2n) is 10.2. The summed E-state index contributed by atoms with van der Waals surface area (Å²) in [6.07, 6.45) is 0.735. The minimum Gasteiger partial charge on any atom is -0.352 e. The molecule has 40 heavy (non-hydrogen) atoms. The summed E-state index contributed by atoms with van der Waals surface area (Å²) < 4.78 is 29.2. The topological polar surface area (TPSA) is 86.8 Å². The van der Waals surface area contributed by atoms with Gasteiger partial charge < -0.3 is 10.2 Å². The van der Waals surface area contributed by atoms with Crippen LogP contribution in [-0.2, 0) is 26.2 Å². The molecule has 0 heterocycles. The molecule has 214 valence electrons. The number of carbonyl (C=O) groups is 2. The van der Waals surface area contributed by atoms with Gasteiger partial charge in [0.2, 0.25) is 11.8 Å². The van der Waals surface area contributed by atoms with Gasteiger partial charge in [-0.2, -0.15) is 0 Å². The van der Waals surface area contributed by atoms with Crippen LogP contribution in [0.4, 0.5) is 5.69 Å². The lowest BCUT2D eigenvalue weighted by atomic mass is 10.1. The smallest absolute Gasteiger partial charge is 0.264 e. The van der Waals surface area contributed by atoms with Crippen molar-refractivity contribution in [2.75, 3.05) is 10.8 Å². The van der Waals surface area contributed by atoms with E-state index >= 15 is 0 Å². The quantitative estimate of drug-likeness (QED) is 0.309. The summed E-state index contributed by atoms with van der Waals surface area (Å²) in [5.41, 5.74) is 3.74. The van der Waals surface area contributed by atoms with Crippen molar-refractivity contribution in [1.29, 1.82) is 0 Å². The second kappa shape index (κ2) is 13.3. The summed E-state index contributed by atoms with van der Waals surface area (Å²) in [6, 6.07) is 18.0. The lowest BCUT2D eigenvalue weighted by molar-refractivity contribution is -0.139. The Kier molecular flexibility index (Phi) is 10.4. The van der Waals surface area contributed by atoms with Crippen LogP contribution in [0.3, 0.4) is 0 Å². The molecular formula is C31H38ClN3O4S. The van der Waals surface area contributed by atoms with E-state index in [2.05, 4.69) is 5.32 Å². The third-order valence-corrected chi connectivity index (χ3v) is 9.19. The number of benzene rings is 3. The number of hydrogen-bond acceptors (Lipinski definition) is 4. The van der Waals surface area contributed by atoms with E-state index in [-0.39, 0.29) is 23.4 Å². The van der Waals surface area contributed by atoms with Gasteiger partial charge >= 0.3 is 0 Å². The van der Waals surface area contributed by atoms with Gasteiger partial charge in [0.05, 0.1) is 10.6 Å². The Hall–Kier alpha value is -3.36. The molecule has 0 saturated carbocycles. The van der Waals surface area contributed by atoms with Gasteiger partial charge in [-0.3, -0.25) is 13.9 Å². The molecule has 7 nitrogen and oxygen atoms in total. The van der Waals surface area contributed by atoms with Gasteiger partial charge in [-0.1, -0.05) is 60.5 Å². The number of nitrogens with zero attached hydrogens (tertiary/aromatic N) is 2. The number of amides is 2. The molecule has 3 rings (SSSR count). The van der Waals surface area contributed by atoms with Crippen LogP contribution in [0, 0.1) is 20.8 Å². The van der Waals surface area contributed by atoms with Crippen molar-refractivity contribution < 1.29 is 18.0 Å². The van der Waals surface area contributed by atoms with Gasteiger partial charge in [0, 0.05) is 17.6 Å². The molecule has 0 fully saturated rings. The number of rotatable bonds is 11. The van der Waals surface area contributed by atoms with Crippen molar-refractivity contribution in [3.05, 3.63) is 94.0 Å². The Balaban J connectivity index is 2.06. The number of carbonyl (C=O) groups excluding carboxylic acids is 2. The molecule has 2 amide bonds. The predicted molar refractivity (Wildman–Crippen MR) is 161 cm³/mol. The first kappa shape index (κ1) is 31.2. The number of sulfonamides is 1. The van der Waals surface area contributed by atoms with Gasteiger partial charge in [0.1, 0.15) is 12.6 Å². The largest absolute Gasteiger partial charge is 0.352 e. The third-order valence-electron chi connectivity index (χ3n) is 7.17. The summed E-state index contributed by atoms with van der Waals surface area (Å²) in [6.45, 7) is 10.7. The molecule has 0 bridgehead atoms. The predicted octanol–water partition coefficient (Wildman–Crippen LogP) is 5.79. The second-order valence-corrected chi connectivity index (χ2v) is 12.5. The number of nitrogens with one attached hydrogen (secondary N) is 1. The highest BCUT2D eigenvalue weighted by Gasteiger charge is 2.33. The molecule has 1 N–H and O–H groups in total. The number of hydrogen-bond donors (Lipinski definition) is 1. The molecule has 0 radical (unpaired) electrons.